The van der Waals surface area contributed by atoms with Crippen LogP contribution in [0.3, 0.4) is 0 Å². The number of hydrogen-bond acceptors (Lipinski definition) is 4. The van der Waals surface area contributed by atoms with Crippen molar-refractivity contribution >= 4 is 0 Å². The standard InChI is InChI=1S/C20H28N4/c1(3-7-13-21-17-19-11-5-9-15-23-19)2-4-8-14-22-18-20-12-6-10-16-24-20/h1-2,5-6,9-12,15-16,21-22H,3-4,7-8,13-14,17-18H2/b2-1-. The summed E-state index contributed by atoms with van der Waals surface area (Å²) in [5.41, 5.74) is 2.21. The van der Waals surface area contributed by atoms with Crippen LogP contribution in [-0.2, 0) is 13.1 Å². The Balaban J connectivity index is 1.37. The van der Waals surface area contributed by atoms with Crippen molar-refractivity contribution in [2.75, 3.05) is 13.1 Å². The highest BCUT2D eigenvalue weighted by atomic mass is 14.9. The van der Waals surface area contributed by atoms with Gasteiger partial charge in [0.1, 0.15) is 0 Å². The number of nitrogens with zero attached hydrogens (tertiary/aromatic N) is 2. The highest BCUT2D eigenvalue weighted by Gasteiger charge is 1.92. The van der Waals surface area contributed by atoms with Crippen LogP contribution in [0.5, 0.6) is 0 Å². The molecule has 0 unspecified atom stereocenters. The molecule has 0 fully saturated rings. The van der Waals surface area contributed by atoms with Crippen LogP contribution in [0, 0.1) is 0 Å². The maximum atomic E-state index is 4.29. The van der Waals surface area contributed by atoms with Crippen LogP contribution in [0.2, 0.25) is 0 Å². The lowest BCUT2D eigenvalue weighted by Gasteiger charge is -2.03. The van der Waals surface area contributed by atoms with E-state index in [1.807, 2.05) is 36.7 Å². The average molecular weight is 324 g/mol. The highest BCUT2D eigenvalue weighted by Crippen LogP contribution is 1.97. The van der Waals surface area contributed by atoms with Gasteiger partial charge in [-0.3, -0.25) is 9.97 Å². The van der Waals surface area contributed by atoms with Crippen molar-refractivity contribution in [3.8, 4) is 0 Å². The molecule has 4 heteroatoms. The lowest BCUT2D eigenvalue weighted by molar-refractivity contribution is 0.639. The smallest absolute Gasteiger partial charge is 0.0541 e. The summed E-state index contributed by atoms with van der Waals surface area (Å²) >= 11 is 0. The summed E-state index contributed by atoms with van der Waals surface area (Å²) < 4.78 is 0. The molecule has 0 saturated carbocycles. The number of hydrogen-bond donors (Lipinski definition) is 2. The second-order valence-corrected chi connectivity index (χ2v) is 5.75. The van der Waals surface area contributed by atoms with E-state index >= 15 is 0 Å². The molecule has 0 radical (unpaired) electrons. The molecule has 2 aromatic rings. The van der Waals surface area contributed by atoms with Gasteiger partial charge in [-0.15, -0.1) is 0 Å². The van der Waals surface area contributed by atoms with Gasteiger partial charge in [0.05, 0.1) is 11.4 Å². The number of nitrogens with one attached hydrogen (secondary N) is 2. The van der Waals surface area contributed by atoms with E-state index in [2.05, 4.69) is 44.9 Å². The first-order valence-corrected chi connectivity index (χ1v) is 8.81. The second-order valence-electron chi connectivity index (χ2n) is 5.75. The molecule has 2 N–H and O–H groups in total. The first-order chi connectivity index (χ1) is 11.9. The molecule has 128 valence electrons. The topological polar surface area (TPSA) is 49.8 Å². The maximum absolute atomic E-state index is 4.29. The molecule has 0 amide bonds. The van der Waals surface area contributed by atoms with Gasteiger partial charge in [-0.1, -0.05) is 24.3 Å². The van der Waals surface area contributed by atoms with Gasteiger partial charge in [-0.25, -0.2) is 0 Å². The van der Waals surface area contributed by atoms with Gasteiger partial charge in [0.2, 0.25) is 0 Å². The molecular formula is C20H28N4. The normalized spacial score (nSPS) is 11.2. The molecule has 4 nitrogen and oxygen atoms in total. The number of rotatable bonds is 12. The molecule has 2 rings (SSSR count). The summed E-state index contributed by atoms with van der Waals surface area (Å²) in [6.45, 7) is 3.78. The van der Waals surface area contributed by atoms with Crippen molar-refractivity contribution in [2.24, 2.45) is 0 Å². The van der Waals surface area contributed by atoms with E-state index in [1.165, 1.54) is 12.8 Å². The summed E-state index contributed by atoms with van der Waals surface area (Å²) in [5, 5.41) is 6.85. The first kappa shape index (κ1) is 18.3. The van der Waals surface area contributed by atoms with Gasteiger partial charge >= 0.3 is 0 Å². The number of unbranched alkanes of at least 4 members (excludes halogenated alkanes) is 2. The molecule has 0 spiro atoms. The third-order valence-corrected chi connectivity index (χ3v) is 3.68. The molecule has 0 aliphatic carbocycles. The van der Waals surface area contributed by atoms with Crippen LogP contribution < -0.4 is 10.6 Å². The van der Waals surface area contributed by atoms with Crippen molar-refractivity contribution in [3.63, 3.8) is 0 Å². The van der Waals surface area contributed by atoms with E-state index in [9.17, 15) is 0 Å². The summed E-state index contributed by atoms with van der Waals surface area (Å²) in [4.78, 5) is 8.59. The minimum Gasteiger partial charge on any atom is -0.311 e. The maximum Gasteiger partial charge on any atom is 0.0541 e. The Kier molecular flexibility index (Phi) is 9.45. The fourth-order valence-corrected chi connectivity index (χ4v) is 2.36. The van der Waals surface area contributed by atoms with Crippen LogP contribution in [0.25, 0.3) is 0 Å². The summed E-state index contributed by atoms with van der Waals surface area (Å²) in [6, 6.07) is 12.0. The predicted octanol–water partition coefficient (Wildman–Crippen LogP) is 3.47. The van der Waals surface area contributed by atoms with E-state index in [-0.39, 0.29) is 0 Å². The van der Waals surface area contributed by atoms with Crippen molar-refractivity contribution in [2.45, 2.75) is 38.8 Å². The quantitative estimate of drug-likeness (QED) is 0.464. The van der Waals surface area contributed by atoms with Gasteiger partial charge in [-0.2, -0.15) is 0 Å². The number of allylic oxidation sites excluding steroid dienone is 2. The van der Waals surface area contributed by atoms with Crippen molar-refractivity contribution in [1.82, 2.24) is 20.6 Å². The SMILES string of the molecule is C(=C/CCCNCc1ccccn1)/CCCNCc1ccccn1. The largest absolute Gasteiger partial charge is 0.311 e. The van der Waals surface area contributed by atoms with Gasteiger partial charge in [-0.05, 0) is 63.0 Å². The van der Waals surface area contributed by atoms with Crippen molar-refractivity contribution in [3.05, 3.63) is 72.3 Å². The molecule has 0 aliphatic heterocycles. The molecule has 0 bridgehead atoms. The number of aromatic nitrogens is 2. The third kappa shape index (κ3) is 8.56. The van der Waals surface area contributed by atoms with Crippen LogP contribution in [0.1, 0.15) is 37.1 Å². The van der Waals surface area contributed by atoms with Crippen LogP contribution in [-0.4, -0.2) is 23.1 Å². The van der Waals surface area contributed by atoms with Gasteiger partial charge in [0, 0.05) is 25.5 Å². The van der Waals surface area contributed by atoms with E-state index in [0.717, 1.165) is 50.4 Å². The van der Waals surface area contributed by atoms with Crippen LogP contribution in [0.15, 0.2) is 60.9 Å². The summed E-state index contributed by atoms with van der Waals surface area (Å²) in [6.07, 6.45) is 12.9. The highest BCUT2D eigenvalue weighted by molar-refractivity contribution is 5.03. The molecule has 2 heterocycles. The van der Waals surface area contributed by atoms with E-state index < -0.39 is 0 Å². The Morgan fingerprint density at radius 2 is 1.21 bits per heavy atom. The zero-order chi connectivity index (χ0) is 16.7. The van der Waals surface area contributed by atoms with E-state index in [1.54, 1.807) is 0 Å². The Bertz CT molecular complexity index is 503. The first-order valence-electron chi connectivity index (χ1n) is 8.81. The Hall–Kier alpha value is -2.04. The van der Waals surface area contributed by atoms with Crippen molar-refractivity contribution < 1.29 is 0 Å². The molecule has 24 heavy (non-hydrogen) atoms. The third-order valence-electron chi connectivity index (χ3n) is 3.68. The Morgan fingerprint density at radius 1 is 0.708 bits per heavy atom. The summed E-state index contributed by atoms with van der Waals surface area (Å²) in [5.74, 6) is 0. The van der Waals surface area contributed by atoms with Crippen molar-refractivity contribution in [1.29, 1.82) is 0 Å². The zero-order valence-corrected chi connectivity index (χ0v) is 14.3. The molecule has 0 aliphatic rings. The average Bonchev–Trinajstić information content (AvgIpc) is 2.64. The fraction of sp³-hybridized carbons (Fsp3) is 0.400. The monoisotopic (exact) mass is 324 g/mol. The molecule has 0 aromatic carbocycles. The van der Waals surface area contributed by atoms with E-state index in [0.29, 0.717) is 0 Å². The predicted molar refractivity (Wildman–Crippen MR) is 99.5 cm³/mol. The van der Waals surface area contributed by atoms with E-state index in [4.69, 9.17) is 0 Å². The number of pyridine rings is 2. The fourth-order valence-electron chi connectivity index (χ4n) is 2.36. The zero-order valence-electron chi connectivity index (χ0n) is 14.3. The minimum absolute atomic E-state index is 0.854. The lowest BCUT2D eigenvalue weighted by atomic mass is 10.2. The summed E-state index contributed by atoms with van der Waals surface area (Å²) in [7, 11) is 0. The minimum atomic E-state index is 0.854. The Labute approximate surface area is 145 Å². The van der Waals surface area contributed by atoms with Gasteiger partial charge in [0.15, 0.2) is 0 Å². The lowest BCUT2D eigenvalue weighted by Crippen LogP contribution is -2.15. The molecule has 2 aromatic heterocycles. The van der Waals surface area contributed by atoms with Gasteiger partial charge < -0.3 is 10.6 Å². The second kappa shape index (κ2) is 12.4. The van der Waals surface area contributed by atoms with Crippen LogP contribution in [0.4, 0.5) is 0 Å². The molecular weight excluding hydrogens is 296 g/mol. The van der Waals surface area contributed by atoms with Crippen LogP contribution >= 0.6 is 0 Å². The van der Waals surface area contributed by atoms with Gasteiger partial charge in [0.25, 0.3) is 0 Å². The molecule has 0 saturated heterocycles. The molecule has 0 atom stereocenters. The Morgan fingerprint density at radius 3 is 1.62 bits per heavy atom.